The molecule has 0 N–H and O–H groups in total. The van der Waals surface area contributed by atoms with Crippen molar-refractivity contribution in [2.45, 2.75) is 37.6 Å². The Morgan fingerprint density at radius 3 is 2.36 bits per heavy atom. The quantitative estimate of drug-likeness (QED) is 0.360. The summed E-state index contributed by atoms with van der Waals surface area (Å²) in [5.74, 6) is 0.704. The van der Waals surface area contributed by atoms with Crippen LogP contribution in [0.5, 0.6) is 0 Å². The number of fused-ring (bicyclic) bond motifs is 3. The van der Waals surface area contributed by atoms with Crippen molar-refractivity contribution < 1.29 is 8.42 Å². The number of piperazine rings is 1. The van der Waals surface area contributed by atoms with Crippen LogP contribution in [0.1, 0.15) is 20.3 Å². The van der Waals surface area contributed by atoms with E-state index in [1.165, 1.54) is 0 Å². The number of para-hydroxylation sites is 1. The summed E-state index contributed by atoms with van der Waals surface area (Å²) in [7, 11) is -3.31. The number of nitrogens with zero attached hydrogens (tertiary/aromatic N) is 6. The number of anilines is 1. The van der Waals surface area contributed by atoms with E-state index in [0.717, 1.165) is 23.4 Å². The van der Waals surface area contributed by atoms with Gasteiger partial charge in [0.05, 0.1) is 16.0 Å². The topological polar surface area (TPSA) is 84.2 Å². The number of sulfonamides is 1. The van der Waals surface area contributed by atoms with E-state index in [4.69, 9.17) is 28.3 Å². The lowest BCUT2D eigenvalue weighted by Gasteiger charge is -2.35. The molecule has 0 saturated carbocycles. The first-order valence-electron chi connectivity index (χ1n) is 11.8. The average molecular weight is 543 g/mol. The van der Waals surface area contributed by atoms with Crippen molar-refractivity contribution in [1.82, 2.24) is 24.1 Å². The lowest BCUT2D eigenvalue weighted by Crippen LogP contribution is -2.50. The van der Waals surface area contributed by atoms with Crippen molar-refractivity contribution in [2.24, 2.45) is 0 Å². The fourth-order valence-electron chi connectivity index (χ4n) is 5.23. The van der Waals surface area contributed by atoms with Crippen LogP contribution in [0.25, 0.3) is 28.0 Å². The first-order valence-corrected chi connectivity index (χ1v) is 14.0. The number of halogens is 2. The van der Waals surface area contributed by atoms with Crippen molar-refractivity contribution in [2.75, 3.05) is 18.0 Å². The molecule has 2 atom stereocenters. The molecule has 2 saturated heterocycles. The highest BCUT2D eigenvalue weighted by atomic mass is 35.5. The fraction of sp³-hybridized carbons (Fsp3) is 0.320. The third-order valence-corrected chi connectivity index (χ3v) is 9.89. The SMILES string of the molecule is CC(C)S(=O)(=O)N1CC2CC1CN2c1ncnc2c(-c3ccc(Cl)cc3)n(-c3ccccc3Cl)nc12. The molecule has 4 aromatic rings. The van der Waals surface area contributed by atoms with Gasteiger partial charge in [0.2, 0.25) is 10.0 Å². The maximum Gasteiger partial charge on any atom is 0.216 e. The third kappa shape index (κ3) is 3.68. The highest BCUT2D eigenvalue weighted by Crippen LogP contribution is 2.40. The van der Waals surface area contributed by atoms with Gasteiger partial charge in [-0.2, -0.15) is 9.40 Å². The Kier molecular flexibility index (Phi) is 5.71. The van der Waals surface area contributed by atoms with Gasteiger partial charge in [-0.1, -0.05) is 47.5 Å². The predicted octanol–water partition coefficient (Wildman–Crippen LogP) is 4.79. The molecule has 0 amide bonds. The second-order valence-corrected chi connectivity index (χ2v) is 12.8. The average Bonchev–Trinajstić information content (AvgIpc) is 3.57. The molecule has 4 heterocycles. The Morgan fingerprint density at radius 2 is 1.69 bits per heavy atom. The maximum absolute atomic E-state index is 12.8. The van der Waals surface area contributed by atoms with E-state index in [0.29, 0.717) is 40.0 Å². The van der Waals surface area contributed by atoms with Crippen LogP contribution in [0.3, 0.4) is 0 Å². The molecular weight excluding hydrogens is 519 g/mol. The molecule has 2 aliphatic rings. The van der Waals surface area contributed by atoms with Gasteiger partial charge >= 0.3 is 0 Å². The molecule has 2 unspecified atom stereocenters. The van der Waals surface area contributed by atoms with E-state index in [9.17, 15) is 8.42 Å². The van der Waals surface area contributed by atoms with E-state index >= 15 is 0 Å². The van der Waals surface area contributed by atoms with Gasteiger partial charge in [-0.3, -0.25) is 0 Å². The molecule has 2 aliphatic heterocycles. The normalized spacial score (nSPS) is 20.2. The standard InChI is InChI=1S/C25H24Cl2N6O2S/c1-15(2)36(34,35)32-13-18-11-19(32)12-31(18)25-23-22(28-14-29-25)24(16-7-9-17(26)10-8-16)33(30-23)21-6-4-3-5-20(21)27/h3-10,14-15,18-19H,11-13H2,1-2H3. The fourth-order valence-corrected chi connectivity index (χ4v) is 7.06. The van der Waals surface area contributed by atoms with E-state index in [2.05, 4.69) is 14.9 Å². The van der Waals surface area contributed by atoms with Crippen molar-refractivity contribution in [3.8, 4) is 16.9 Å². The van der Waals surface area contributed by atoms with Crippen LogP contribution in [0.2, 0.25) is 10.0 Å². The zero-order chi connectivity index (χ0) is 25.2. The number of aromatic nitrogens is 4. The summed E-state index contributed by atoms with van der Waals surface area (Å²) in [5.41, 5.74) is 3.74. The largest absolute Gasteiger partial charge is 0.349 e. The molecule has 11 heteroatoms. The summed E-state index contributed by atoms with van der Waals surface area (Å²) in [6, 6.07) is 15.0. The lowest BCUT2D eigenvalue weighted by atomic mass is 10.1. The van der Waals surface area contributed by atoms with Gasteiger partial charge in [0.15, 0.2) is 11.3 Å². The molecule has 0 radical (unpaired) electrons. The minimum absolute atomic E-state index is 0.0334. The van der Waals surface area contributed by atoms with Crippen molar-refractivity contribution in [3.05, 3.63) is 64.9 Å². The highest BCUT2D eigenvalue weighted by molar-refractivity contribution is 7.89. The number of hydrogen-bond donors (Lipinski definition) is 0. The lowest BCUT2D eigenvalue weighted by molar-refractivity contribution is 0.364. The van der Waals surface area contributed by atoms with Gasteiger partial charge in [-0.25, -0.2) is 23.1 Å². The monoisotopic (exact) mass is 542 g/mol. The zero-order valence-corrected chi connectivity index (χ0v) is 22.0. The molecule has 36 heavy (non-hydrogen) atoms. The molecule has 186 valence electrons. The van der Waals surface area contributed by atoms with E-state index in [1.807, 2.05) is 48.5 Å². The van der Waals surface area contributed by atoms with Gasteiger partial charge in [0.25, 0.3) is 0 Å². The van der Waals surface area contributed by atoms with Gasteiger partial charge in [0, 0.05) is 35.8 Å². The second kappa shape index (κ2) is 8.69. The van der Waals surface area contributed by atoms with E-state index in [-0.39, 0.29) is 12.1 Å². The highest BCUT2D eigenvalue weighted by Gasteiger charge is 2.49. The maximum atomic E-state index is 12.8. The minimum Gasteiger partial charge on any atom is -0.349 e. The molecule has 2 aromatic carbocycles. The van der Waals surface area contributed by atoms with Crippen LogP contribution >= 0.6 is 23.2 Å². The van der Waals surface area contributed by atoms with Crippen molar-refractivity contribution >= 4 is 50.1 Å². The van der Waals surface area contributed by atoms with Gasteiger partial charge in [0.1, 0.15) is 17.5 Å². The second-order valence-electron chi connectivity index (χ2n) is 9.47. The van der Waals surface area contributed by atoms with Crippen molar-refractivity contribution in [1.29, 1.82) is 0 Å². The Labute approximate surface area is 219 Å². The van der Waals surface area contributed by atoms with Gasteiger partial charge < -0.3 is 4.90 Å². The summed E-state index contributed by atoms with van der Waals surface area (Å²) in [5, 5.41) is 5.72. The summed E-state index contributed by atoms with van der Waals surface area (Å²) >= 11 is 12.7. The smallest absolute Gasteiger partial charge is 0.216 e. The number of rotatable bonds is 5. The van der Waals surface area contributed by atoms with Crippen LogP contribution in [0.15, 0.2) is 54.9 Å². The van der Waals surface area contributed by atoms with Crippen LogP contribution < -0.4 is 4.90 Å². The summed E-state index contributed by atoms with van der Waals surface area (Å²) < 4.78 is 29.1. The summed E-state index contributed by atoms with van der Waals surface area (Å²) in [4.78, 5) is 11.4. The first kappa shape index (κ1) is 23.7. The Balaban J connectivity index is 1.48. The molecular formula is C25H24Cl2N6O2S. The zero-order valence-electron chi connectivity index (χ0n) is 19.7. The van der Waals surface area contributed by atoms with Gasteiger partial charge in [-0.05, 0) is 44.5 Å². The molecule has 6 rings (SSSR count). The van der Waals surface area contributed by atoms with Crippen LogP contribution in [-0.2, 0) is 10.0 Å². The van der Waals surface area contributed by atoms with Gasteiger partial charge in [-0.15, -0.1) is 0 Å². The third-order valence-electron chi connectivity index (χ3n) is 7.02. The molecule has 0 aliphatic carbocycles. The Bertz CT molecular complexity index is 1570. The molecule has 2 bridgehead atoms. The molecule has 2 aromatic heterocycles. The van der Waals surface area contributed by atoms with E-state index < -0.39 is 15.3 Å². The molecule has 2 fully saturated rings. The summed E-state index contributed by atoms with van der Waals surface area (Å²) in [6.45, 7) is 4.48. The first-order chi connectivity index (χ1) is 17.3. The van der Waals surface area contributed by atoms with Crippen LogP contribution in [0, 0.1) is 0 Å². The number of hydrogen-bond acceptors (Lipinski definition) is 6. The minimum atomic E-state index is -3.31. The number of benzene rings is 2. The molecule has 8 nitrogen and oxygen atoms in total. The predicted molar refractivity (Wildman–Crippen MR) is 142 cm³/mol. The summed E-state index contributed by atoms with van der Waals surface area (Å²) in [6.07, 6.45) is 2.32. The van der Waals surface area contributed by atoms with Crippen molar-refractivity contribution in [3.63, 3.8) is 0 Å². The van der Waals surface area contributed by atoms with Crippen LogP contribution in [-0.4, -0.2) is 62.9 Å². The van der Waals surface area contributed by atoms with E-state index in [1.54, 1.807) is 29.2 Å². The molecule has 0 spiro atoms. The Hall–Kier alpha value is -2.72. The van der Waals surface area contributed by atoms with Crippen LogP contribution in [0.4, 0.5) is 5.82 Å². The Morgan fingerprint density at radius 1 is 0.944 bits per heavy atom.